The normalized spacial score (nSPS) is 17.9. The summed E-state index contributed by atoms with van der Waals surface area (Å²) in [5.74, 6) is 0.664. The third-order valence-corrected chi connectivity index (χ3v) is 2.61. The number of hydrogen-bond donors (Lipinski definition) is 1. The maximum Gasteiger partial charge on any atom is 0.137 e. The van der Waals surface area contributed by atoms with Crippen molar-refractivity contribution in [3.05, 3.63) is 41.4 Å². The number of aliphatic hydroxyl groups excluding tert-OH is 1. The fraction of sp³-hybridized carbons (Fsp3) is 0.417. The molecule has 0 amide bonds. The van der Waals surface area contributed by atoms with E-state index in [1.54, 1.807) is 12.4 Å². The minimum atomic E-state index is -0.668. The van der Waals surface area contributed by atoms with Gasteiger partial charge in [0.05, 0.1) is 6.61 Å². The molecule has 80 valence electrons. The maximum atomic E-state index is 10.1. The second-order valence-electron chi connectivity index (χ2n) is 3.73. The van der Waals surface area contributed by atoms with Gasteiger partial charge in [-0.3, -0.25) is 4.98 Å². The average molecular weight is 205 g/mol. The van der Waals surface area contributed by atoms with Crippen LogP contribution in [0.5, 0.6) is 0 Å². The maximum absolute atomic E-state index is 10.1. The highest BCUT2D eigenvalue weighted by Crippen LogP contribution is 2.27. The lowest BCUT2D eigenvalue weighted by atomic mass is 10.0. The monoisotopic (exact) mass is 205 g/mol. The summed E-state index contributed by atoms with van der Waals surface area (Å²) < 4.78 is 5.43. The van der Waals surface area contributed by atoms with Crippen molar-refractivity contribution < 1.29 is 9.84 Å². The van der Waals surface area contributed by atoms with E-state index in [0.717, 1.165) is 24.0 Å². The van der Waals surface area contributed by atoms with Gasteiger partial charge in [0.2, 0.25) is 0 Å². The molecule has 0 spiro atoms. The van der Waals surface area contributed by atoms with Crippen molar-refractivity contribution in [1.82, 2.24) is 4.98 Å². The predicted molar refractivity (Wildman–Crippen MR) is 57.2 cm³/mol. The Balaban J connectivity index is 2.23. The Hall–Kier alpha value is -1.35. The highest BCUT2D eigenvalue weighted by atomic mass is 16.5. The van der Waals surface area contributed by atoms with E-state index in [0.29, 0.717) is 12.4 Å². The Labute approximate surface area is 89.4 Å². The first-order valence-corrected chi connectivity index (χ1v) is 5.20. The van der Waals surface area contributed by atoms with Gasteiger partial charge in [-0.05, 0) is 37.5 Å². The summed E-state index contributed by atoms with van der Waals surface area (Å²) in [5.41, 5.74) is 1.86. The van der Waals surface area contributed by atoms with E-state index in [9.17, 15) is 5.11 Å². The van der Waals surface area contributed by atoms with Gasteiger partial charge in [-0.25, -0.2) is 0 Å². The van der Waals surface area contributed by atoms with Crippen LogP contribution < -0.4 is 0 Å². The summed E-state index contributed by atoms with van der Waals surface area (Å²) in [4.78, 5) is 4.02. The van der Waals surface area contributed by atoms with Crippen molar-refractivity contribution in [2.45, 2.75) is 25.9 Å². The Morgan fingerprint density at radius 2 is 2.40 bits per heavy atom. The first-order chi connectivity index (χ1) is 7.29. The molecular formula is C12H15NO2. The van der Waals surface area contributed by atoms with Gasteiger partial charge in [-0.1, -0.05) is 0 Å². The molecule has 2 rings (SSSR count). The molecule has 0 saturated carbocycles. The van der Waals surface area contributed by atoms with Crippen LogP contribution in [0.4, 0.5) is 0 Å². The van der Waals surface area contributed by atoms with Crippen LogP contribution in [-0.4, -0.2) is 16.7 Å². The van der Waals surface area contributed by atoms with Gasteiger partial charge in [0.25, 0.3) is 0 Å². The Kier molecular flexibility index (Phi) is 3.02. The quantitative estimate of drug-likeness (QED) is 0.804. The van der Waals surface area contributed by atoms with Gasteiger partial charge < -0.3 is 9.84 Å². The topological polar surface area (TPSA) is 42.4 Å². The molecule has 3 heteroatoms. The van der Waals surface area contributed by atoms with Crippen molar-refractivity contribution in [3.63, 3.8) is 0 Å². The van der Waals surface area contributed by atoms with Gasteiger partial charge in [0.15, 0.2) is 0 Å². The number of aromatic nitrogens is 1. The minimum Gasteiger partial charge on any atom is -0.495 e. The molecule has 1 N–H and O–H groups in total. The molecule has 0 aromatic carbocycles. The first-order valence-electron chi connectivity index (χ1n) is 5.20. The van der Waals surface area contributed by atoms with E-state index in [-0.39, 0.29) is 0 Å². The smallest absolute Gasteiger partial charge is 0.137 e. The van der Waals surface area contributed by atoms with Crippen molar-refractivity contribution in [3.8, 4) is 0 Å². The van der Waals surface area contributed by atoms with Crippen LogP contribution in [0.3, 0.4) is 0 Å². The molecular weight excluding hydrogens is 190 g/mol. The van der Waals surface area contributed by atoms with E-state index < -0.39 is 6.10 Å². The number of allylic oxidation sites excluding steroid dienone is 1. The SMILES string of the molecule is Cc1ccncc1C(O)C1=CCCCO1. The van der Waals surface area contributed by atoms with E-state index in [4.69, 9.17) is 4.74 Å². The second-order valence-corrected chi connectivity index (χ2v) is 3.73. The summed E-state index contributed by atoms with van der Waals surface area (Å²) >= 11 is 0. The molecule has 1 aliphatic heterocycles. The van der Waals surface area contributed by atoms with Crippen LogP contribution in [0, 0.1) is 6.92 Å². The fourth-order valence-corrected chi connectivity index (χ4v) is 1.68. The molecule has 1 unspecified atom stereocenters. The molecule has 0 radical (unpaired) electrons. The van der Waals surface area contributed by atoms with E-state index in [1.807, 2.05) is 19.1 Å². The van der Waals surface area contributed by atoms with Crippen molar-refractivity contribution in [2.75, 3.05) is 6.61 Å². The third kappa shape index (κ3) is 2.18. The number of hydrogen-bond acceptors (Lipinski definition) is 3. The third-order valence-electron chi connectivity index (χ3n) is 2.61. The molecule has 15 heavy (non-hydrogen) atoms. The van der Waals surface area contributed by atoms with Crippen LogP contribution in [0.1, 0.15) is 30.1 Å². The molecule has 0 fully saturated rings. The van der Waals surface area contributed by atoms with Gasteiger partial charge in [-0.2, -0.15) is 0 Å². The zero-order valence-corrected chi connectivity index (χ0v) is 8.81. The minimum absolute atomic E-state index is 0.664. The Morgan fingerprint density at radius 1 is 1.53 bits per heavy atom. The summed E-state index contributed by atoms with van der Waals surface area (Å²) in [6, 6.07) is 1.89. The summed E-state index contributed by atoms with van der Waals surface area (Å²) in [5, 5.41) is 10.1. The lowest BCUT2D eigenvalue weighted by Gasteiger charge is -2.20. The first kappa shape index (κ1) is 10.2. The van der Waals surface area contributed by atoms with Gasteiger partial charge >= 0.3 is 0 Å². The van der Waals surface area contributed by atoms with Gasteiger partial charge in [-0.15, -0.1) is 0 Å². The van der Waals surface area contributed by atoms with E-state index in [2.05, 4.69) is 4.98 Å². The summed E-state index contributed by atoms with van der Waals surface area (Å²) in [6.07, 6.45) is 6.72. The van der Waals surface area contributed by atoms with Gasteiger partial charge in [0, 0.05) is 18.0 Å². The van der Waals surface area contributed by atoms with Crippen LogP contribution in [0.15, 0.2) is 30.3 Å². The lowest BCUT2D eigenvalue weighted by molar-refractivity contribution is 0.0912. The predicted octanol–water partition coefficient (Wildman–Crippen LogP) is 2.12. The van der Waals surface area contributed by atoms with Crippen LogP contribution in [0.25, 0.3) is 0 Å². The molecule has 3 nitrogen and oxygen atoms in total. The number of aryl methyl sites for hydroxylation is 1. The summed E-state index contributed by atoms with van der Waals surface area (Å²) in [7, 11) is 0. The zero-order valence-electron chi connectivity index (χ0n) is 8.81. The molecule has 0 bridgehead atoms. The number of nitrogens with zero attached hydrogens (tertiary/aromatic N) is 1. The lowest BCUT2D eigenvalue weighted by Crippen LogP contribution is -2.11. The van der Waals surface area contributed by atoms with Crippen molar-refractivity contribution in [1.29, 1.82) is 0 Å². The molecule has 2 heterocycles. The van der Waals surface area contributed by atoms with E-state index in [1.165, 1.54) is 0 Å². The number of ether oxygens (including phenoxy) is 1. The second kappa shape index (κ2) is 4.45. The van der Waals surface area contributed by atoms with Crippen LogP contribution in [0.2, 0.25) is 0 Å². The number of aliphatic hydroxyl groups is 1. The number of pyridine rings is 1. The zero-order chi connectivity index (χ0) is 10.7. The standard InChI is InChI=1S/C12H15NO2/c1-9-5-6-13-8-10(9)12(14)11-4-2-3-7-15-11/h4-6,8,12,14H,2-3,7H2,1H3. The molecule has 1 atom stereocenters. The molecule has 0 saturated heterocycles. The molecule has 0 aliphatic carbocycles. The van der Waals surface area contributed by atoms with Crippen LogP contribution >= 0.6 is 0 Å². The Morgan fingerprint density at radius 3 is 3.07 bits per heavy atom. The van der Waals surface area contributed by atoms with Crippen LogP contribution in [-0.2, 0) is 4.74 Å². The number of rotatable bonds is 2. The Bertz CT molecular complexity index is 374. The highest BCUT2D eigenvalue weighted by molar-refractivity contribution is 5.28. The van der Waals surface area contributed by atoms with Crippen molar-refractivity contribution in [2.24, 2.45) is 0 Å². The highest BCUT2D eigenvalue weighted by Gasteiger charge is 2.18. The molecule has 1 aliphatic rings. The summed E-state index contributed by atoms with van der Waals surface area (Å²) in [6.45, 7) is 2.66. The largest absolute Gasteiger partial charge is 0.495 e. The fourth-order valence-electron chi connectivity index (χ4n) is 1.68. The molecule has 1 aromatic rings. The molecule has 1 aromatic heterocycles. The van der Waals surface area contributed by atoms with Crippen molar-refractivity contribution >= 4 is 0 Å². The average Bonchev–Trinajstić information content (AvgIpc) is 2.30. The van der Waals surface area contributed by atoms with E-state index >= 15 is 0 Å². The van der Waals surface area contributed by atoms with Gasteiger partial charge in [0.1, 0.15) is 11.9 Å².